The van der Waals surface area contributed by atoms with E-state index in [-0.39, 0.29) is 24.2 Å². The highest BCUT2D eigenvalue weighted by Gasteiger charge is 2.23. The second-order valence-electron chi connectivity index (χ2n) is 8.02. The van der Waals surface area contributed by atoms with Gasteiger partial charge in [0.05, 0.1) is 37.0 Å². The average Bonchev–Trinajstić information content (AvgIpc) is 2.98. The highest BCUT2D eigenvalue weighted by molar-refractivity contribution is 5.94. The van der Waals surface area contributed by atoms with Crippen LogP contribution in [0.25, 0.3) is 0 Å². The number of ether oxygens (including phenoxy) is 3. The van der Waals surface area contributed by atoms with Crippen molar-refractivity contribution < 1.29 is 19.0 Å². The SMILES string of the molecule is C[C@@H]1CN(c2ccc(C(=O)N[C@@H](C)c3ccc4c(c3)OCCCO4)cn2)C[C@H](C)O1. The number of pyridine rings is 1. The zero-order valence-electron chi connectivity index (χ0n) is 17.8. The predicted octanol–water partition coefficient (Wildman–Crippen LogP) is 3.35. The van der Waals surface area contributed by atoms with Crippen molar-refractivity contribution in [2.75, 3.05) is 31.2 Å². The summed E-state index contributed by atoms with van der Waals surface area (Å²) >= 11 is 0. The van der Waals surface area contributed by atoms with Crippen molar-refractivity contribution in [1.82, 2.24) is 10.3 Å². The van der Waals surface area contributed by atoms with Crippen LogP contribution in [-0.4, -0.2) is 49.4 Å². The summed E-state index contributed by atoms with van der Waals surface area (Å²) in [5, 5.41) is 3.04. The zero-order chi connectivity index (χ0) is 21.1. The Labute approximate surface area is 177 Å². The third-order valence-electron chi connectivity index (χ3n) is 5.37. The minimum absolute atomic E-state index is 0.155. The molecule has 2 aliphatic rings. The minimum atomic E-state index is -0.171. The fraction of sp³-hybridized carbons (Fsp3) is 0.478. The van der Waals surface area contributed by atoms with E-state index in [2.05, 4.69) is 29.0 Å². The van der Waals surface area contributed by atoms with E-state index in [1.54, 1.807) is 6.20 Å². The van der Waals surface area contributed by atoms with E-state index in [9.17, 15) is 4.79 Å². The topological polar surface area (TPSA) is 72.9 Å². The number of amides is 1. The highest BCUT2D eigenvalue weighted by atomic mass is 16.5. The lowest BCUT2D eigenvalue weighted by Gasteiger charge is -2.36. The van der Waals surface area contributed by atoms with Crippen LogP contribution in [0.5, 0.6) is 11.5 Å². The number of aromatic nitrogens is 1. The monoisotopic (exact) mass is 411 g/mol. The summed E-state index contributed by atoms with van der Waals surface area (Å²) < 4.78 is 17.2. The number of rotatable bonds is 4. The molecule has 2 aliphatic heterocycles. The van der Waals surface area contributed by atoms with E-state index in [4.69, 9.17) is 14.2 Å². The van der Waals surface area contributed by atoms with Gasteiger partial charge in [0.2, 0.25) is 0 Å². The molecule has 1 N–H and O–H groups in total. The minimum Gasteiger partial charge on any atom is -0.490 e. The number of hydrogen-bond acceptors (Lipinski definition) is 6. The number of anilines is 1. The van der Waals surface area contributed by atoms with Gasteiger partial charge in [-0.2, -0.15) is 0 Å². The van der Waals surface area contributed by atoms with Crippen molar-refractivity contribution in [2.45, 2.75) is 45.4 Å². The fourth-order valence-corrected chi connectivity index (χ4v) is 3.88. The number of benzene rings is 1. The Kier molecular flexibility index (Phi) is 6.08. The standard InChI is InChI=1S/C23H29N3O4/c1-15-13-26(14-16(2)30-15)22-8-6-19(12-24-22)23(27)25-17(3)18-5-7-20-21(11-18)29-10-4-9-28-20/h5-8,11-12,15-17H,4,9-10,13-14H2,1-3H3,(H,25,27)/t15-,16+,17-/m0/s1. The lowest BCUT2D eigenvalue weighted by molar-refractivity contribution is -0.00546. The second-order valence-corrected chi connectivity index (χ2v) is 8.02. The number of carbonyl (C=O) groups excluding carboxylic acids is 1. The molecule has 4 rings (SSSR count). The maximum absolute atomic E-state index is 12.7. The van der Waals surface area contributed by atoms with Gasteiger partial charge in [0.25, 0.3) is 5.91 Å². The Morgan fingerprint density at radius 1 is 1.10 bits per heavy atom. The first-order valence-corrected chi connectivity index (χ1v) is 10.6. The van der Waals surface area contributed by atoms with Crippen LogP contribution in [0.3, 0.4) is 0 Å². The molecule has 0 unspecified atom stereocenters. The lowest BCUT2D eigenvalue weighted by Crippen LogP contribution is -2.45. The first kappa shape index (κ1) is 20.5. The van der Waals surface area contributed by atoms with Gasteiger partial charge < -0.3 is 24.4 Å². The van der Waals surface area contributed by atoms with Gasteiger partial charge in [-0.25, -0.2) is 4.98 Å². The summed E-state index contributed by atoms with van der Waals surface area (Å²) in [4.78, 5) is 19.4. The number of nitrogens with zero attached hydrogens (tertiary/aromatic N) is 2. The molecular weight excluding hydrogens is 382 g/mol. The van der Waals surface area contributed by atoms with Gasteiger partial charge in [-0.1, -0.05) is 6.07 Å². The third-order valence-corrected chi connectivity index (χ3v) is 5.37. The molecule has 30 heavy (non-hydrogen) atoms. The van der Waals surface area contributed by atoms with E-state index >= 15 is 0 Å². The quantitative estimate of drug-likeness (QED) is 0.832. The zero-order valence-corrected chi connectivity index (χ0v) is 17.8. The third kappa shape index (κ3) is 4.67. The molecule has 0 bridgehead atoms. The van der Waals surface area contributed by atoms with Gasteiger partial charge in [0.15, 0.2) is 11.5 Å². The summed E-state index contributed by atoms with van der Waals surface area (Å²) in [5.41, 5.74) is 1.50. The Bertz CT molecular complexity index is 877. The van der Waals surface area contributed by atoms with Crippen LogP contribution < -0.4 is 19.7 Å². The van der Waals surface area contributed by atoms with E-state index in [0.29, 0.717) is 18.8 Å². The lowest BCUT2D eigenvalue weighted by atomic mass is 10.1. The molecule has 2 aromatic rings. The number of nitrogens with one attached hydrogen (secondary N) is 1. The molecule has 0 spiro atoms. The molecule has 1 aromatic heterocycles. The molecule has 3 atom stereocenters. The normalized spacial score (nSPS) is 22.2. The number of morpholine rings is 1. The van der Waals surface area contributed by atoms with Crippen molar-refractivity contribution >= 4 is 11.7 Å². The maximum Gasteiger partial charge on any atom is 0.253 e. The Balaban J connectivity index is 1.40. The molecule has 160 valence electrons. The number of hydrogen-bond donors (Lipinski definition) is 1. The molecule has 0 aliphatic carbocycles. The van der Waals surface area contributed by atoms with Gasteiger partial charge in [-0.15, -0.1) is 0 Å². The summed E-state index contributed by atoms with van der Waals surface area (Å²) in [6, 6.07) is 9.35. The highest BCUT2D eigenvalue weighted by Crippen LogP contribution is 2.32. The van der Waals surface area contributed by atoms with Crippen LogP contribution in [0.4, 0.5) is 5.82 Å². The first-order valence-electron chi connectivity index (χ1n) is 10.6. The average molecular weight is 412 g/mol. The fourth-order valence-electron chi connectivity index (χ4n) is 3.88. The predicted molar refractivity (Wildman–Crippen MR) is 114 cm³/mol. The van der Waals surface area contributed by atoms with Crippen LogP contribution >= 0.6 is 0 Å². The summed E-state index contributed by atoms with van der Waals surface area (Å²) in [6.45, 7) is 8.96. The maximum atomic E-state index is 12.7. The van der Waals surface area contributed by atoms with Crippen molar-refractivity contribution in [2.24, 2.45) is 0 Å². The van der Waals surface area contributed by atoms with Gasteiger partial charge in [-0.05, 0) is 50.6 Å². The van der Waals surface area contributed by atoms with Crippen molar-refractivity contribution in [3.05, 3.63) is 47.7 Å². The van der Waals surface area contributed by atoms with E-state index in [0.717, 1.165) is 42.4 Å². The summed E-state index contributed by atoms with van der Waals surface area (Å²) in [7, 11) is 0. The molecule has 0 radical (unpaired) electrons. The van der Waals surface area contributed by atoms with E-state index in [1.807, 2.05) is 37.3 Å². The summed E-state index contributed by atoms with van der Waals surface area (Å²) in [5.74, 6) is 2.19. The van der Waals surface area contributed by atoms with Gasteiger partial charge >= 0.3 is 0 Å². The largest absolute Gasteiger partial charge is 0.490 e. The van der Waals surface area contributed by atoms with Crippen molar-refractivity contribution in [3.8, 4) is 11.5 Å². The molecule has 1 fully saturated rings. The Morgan fingerprint density at radius 3 is 2.53 bits per heavy atom. The molecule has 1 amide bonds. The van der Waals surface area contributed by atoms with Crippen molar-refractivity contribution in [1.29, 1.82) is 0 Å². The molecular formula is C23H29N3O4. The molecule has 0 saturated carbocycles. The van der Waals surface area contributed by atoms with Crippen LogP contribution in [-0.2, 0) is 4.74 Å². The van der Waals surface area contributed by atoms with Gasteiger partial charge in [0, 0.05) is 25.7 Å². The van der Waals surface area contributed by atoms with Crippen molar-refractivity contribution in [3.63, 3.8) is 0 Å². The Hall–Kier alpha value is -2.80. The summed E-state index contributed by atoms with van der Waals surface area (Å²) in [6.07, 6.45) is 2.82. The number of carbonyl (C=O) groups is 1. The van der Waals surface area contributed by atoms with Crippen LogP contribution in [0, 0.1) is 0 Å². The van der Waals surface area contributed by atoms with Gasteiger partial charge in [0.1, 0.15) is 5.82 Å². The van der Waals surface area contributed by atoms with Crippen LogP contribution in [0.15, 0.2) is 36.5 Å². The second kappa shape index (κ2) is 8.92. The van der Waals surface area contributed by atoms with Crippen LogP contribution in [0.1, 0.15) is 49.2 Å². The molecule has 3 heterocycles. The Morgan fingerprint density at radius 2 is 1.83 bits per heavy atom. The van der Waals surface area contributed by atoms with E-state index in [1.165, 1.54) is 0 Å². The van der Waals surface area contributed by atoms with Crippen LogP contribution in [0.2, 0.25) is 0 Å². The molecule has 7 heteroatoms. The molecule has 7 nitrogen and oxygen atoms in total. The first-order chi connectivity index (χ1) is 14.5. The van der Waals surface area contributed by atoms with Gasteiger partial charge in [-0.3, -0.25) is 4.79 Å². The number of fused-ring (bicyclic) bond motifs is 1. The molecule has 1 saturated heterocycles. The smallest absolute Gasteiger partial charge is 0.253 e. The van der Waals surface area contributed by atoms with E-state index < -0.39 is 0 Å². The molecule has 1 aromatic carbocycles.